The number of carbonyl (C=O) groups is 1. The van der Waals surface area contributed by atoms with Gasteiger partial charge in [-0.2, -0.15) is 0 Å². The number of halogens is 2. The van der Waals surface area contributed by atoms with Crippen LogP contribution in [0, 0.1) is 23.7 Å². The van der Waals surface area contributed by atoms with Crippen LogP contribution in [0.5, 0.6) is 0 Å². The molecule has 0 aromatic rings. The second-order valence-corrected chi connectivity index (χ2v) is 4.33. The van der Waals surface area contributed by atoms with E-state index < -0.39 is 17.8 Å². The molecule has 0 aliphatic heterocycles. The van der Waals surface area contributed by atoms with Crippen molar-refractivity contribution in [3.8, 4) is 0 Å². The van der Waals surface area contributed by atoms with Crippen molar-refractivity contribution >= 4 is 5.78 Å². The maximum atomic E-state index is 13.4. The predicted molar refractivity (Wildman–Crippen MR) is 37.8 cm³/mol. The summed E-state index contributed by atoms with van der Waals surface area (Å²) in [7, 11) is 0. The summed E-state index contributed by atoms with van der Waals surface area (Å²) in [6.45, 7) is 0. The molecule has 0 radical (unpaired) electrons. The van der Waals surface area contributed by atoms with E-state index in [0.29, 0.717) is 12.8 Å². The van der Waals surface area contributed by atoms with Gasteiger partial charge in [-0.05, 0) is 19.3 Å². The molecule has 3 aliphatic rings. The van der Waals surface area contributed by atoms with Crippen molar-refractivity contribution in [2.75, 3.05) is 0 Å². The molecule has 0 unspecified atom stereocenters. The Balaban J connectivity index is 2.05. The lowest BCUT2D eigenvalue weighted by Gasteiger charge is -2.43. The standard InChI is InChI=1S/C9H10F2O/c10-9(11)4-1-2-5-7(9)6(3-4)8(5)12/h4-7H,1-3H2/t4-,5-,6+,7+/m0/s1. The van der Waals surface area contributed by atoms with Crippen LogP contribution in [0.4, 0.5) is 8.78 Å². The van der Waals surface area contributed by atoms with Crippen molar-refractivity contribution in [2.24, 2.45) is 23.7 Å². The normalized spacial score (nSPS) is 53.7. The molecule has 1 nitrogen and oxygen atoms in total. The molecule has 66 valence electrons. The highest BCUT2D eigenvalue weighted by Crippen LogP contribution is 2.64. The van der Waals surface area contributed by atoms with Crippen LogP contribution in [-0.2, 0) is 4.79 Å². The quantitative estimate of drug-likeness (QED) is 0.545. The zero-order chi connectivity index (χ0) is 8.51. The predicted octanol–water partition coefficient (Wildman–Crippen LogP) is 1.87. The fraction of sp³-hybridized carbons (Fsp3) is 0.889. The van der Waals surface area contributed by atoms with E-state index >= 15 is 0 Å². The molecular formula is C9H10F2O. The van der Waals surface area contributed by atoms with Crippen molar-refractivity contribution < 1.29 is 13.6 Å². The van der Waals surface area contributed by atoms with E-state index in [9.17, 15) is 13.6 Å². The molecule has 0 aromatic carbocycles. The first kappa shape index (κ1) is 6.98. The number of carbonyl (C=O) groups excluding carboxylic acids is 1. The Kier molecular flexibility index (Phi) is 1.01. The zero-order valence-electron chi connectivity index (χ0n) is 6.59. The van der Waals surface area contributed by atoms with Crippen LogP contribution in [0.1, 0.15) is 19.3 Å². The van der Waals surface area contributed by atoms with Gasteiger partial charge in [-0.15, -0.1) is 0 Å². The maximum absolute atomic E-state index is 13.4. The Morgan fingerprint density at radius 2 is 2.00 bits per heavy atom. The van der Waals surface area contributed by atoms with Crippen LogP contribution >= 0.6 is 0 Å². The molecule has 3 rings (SSSR count). The summed E-state index contributed by atoms with van der Waals surface area (Å²) in [5, 5.41) is 0. The summed E-state index contributed by atoms with van der Waals surface area (Å²) in [4.78, 5) is 11.3. The lowest BCUT2D eigenvalue weighted by molar-refractivity contribution is -0.173. The minimum atomic E-state index is -2.51. The summed E-state index contributed by atoms with van der Waals surface area (Å²) >= 11 is 0. The fourth-order valence-corrected chi connectivity index (χ4v) is 3.34. The Morgan fingerprint density at radius 3 is 2.75 bits per heavy atom. The van der Waals surface area contributed by atoms with Crippen molar-refractivity contribution in [2.45, 2.75) is 25.2 Å². The average molecular weight is 172 g/mol. The Bertz CT molecular complexity index is 253. The number of ketones is 1. The molecule has 0 N–H and O–H groups in total. The third-order valence-corrected chi connectivity index (χ3v) is 3.95. The van der Waals surface area contributed by atoms with Gasteiger partial charge in [-0.3, -0.25) is 4.79 Å². The van der Waals surface area contributed by atoms with Crippen LogP contribution in [-0.4, -0.2) is 11.7 Å². The van der Waals surface area contributed by atoms with Crippen LogP contribution < -0.4 is 0 Å². The van der Waals surface area contributed by atoms with E-state index in [0.717, 1.165) is 6.42 Å². The van der Waals surface area contributed by atoms with E-state index in [1.54, 1.807) is 0 Å². The van der Waals surface area contributed by atoms with Gasteiger partial charge in [0, 0.05) is 23.7 Å². The molecule has 3 saturated carbocycles. The van der Waals surface area contributed by atoms with E-state index in [-0.39, 0.29) is 17.6 Å². The van der Waals surface area contributed by atoms with Gasteiger partial charge in [0.15, 0.2) is 0 Å². The zero-order valence-corrected chi connectivity index (χ0v) is 6.59. The van der Waals surface area contributed by atoms with Crippen molar-refractivity contribution in [3.63, 3.8) is 0 Å². The van der Waals surface area contributed by atoms with Gasteiger partial charge in [0.1, 0.15) is 5.78 Å². The fourth-order valence-electron chi connectivity index (χ4n) is 3.34. The number of rotatable bonds is 0. The monoisotopic (exact) mass is 172 g/mol. The summed E-state index contributed by atoms with van der Waals surface area (Å²) < 4.78 is 26.7. The van der Waals surface area contributed by atoms with Crippen LogP contribution in [0.2, 0.25) is 0 Å². The highest BCUT2D eigenvalue weighted by molar-refractivity contribution is 5.91. The van der Waals surface area contributed by atoms with Gasteiger partial charge in [-0.25, -0.2) is 8.78 Å². The second kappa shape index (κ2) is 1.73. The van der Waals surface area contributed by atoms with Gasteiger partial charge < -0.3 is 0 Å². The molecule has 12 heavy (non-hydrogen) atoms. The first-order valence-electron chi connectivity index (χ1n) is 4.54. The highest BCUT2D eigenvalue weighted by Gasteiger charge is 2.71. The second-order valence-electron chi connectivity index (χ2n) is 4.33. The number of Topliss-reactive ketones (excluding diaryl/α,β-unsaturated/α-hetero) is 1. The third-order valence-electron chi connectivity index (χ3n) is 3.95. The Labute approximate surface area is 69.1 Å². The topological polar surface area (TPSA) is 17.1 Å². The molecule has 3 fully saturated rings. The first-order valence-corrected chi connectivity index (χ1v) is 4.54. The SMILES string of the molecule is O=C1[C@H]2CC[C@H]3C[C@@H]1[C@@H]2C3(F)F. The first-order chi connectivity index (χ1) is 5.62. The summed E-state index contributed by atoms with van der Waals surface area (Å²) in [6.07, 6.45) is 1.75. The minimum absolute atomic E-state index is 0.125. The van der Waals surface area contributed by atoms with E-state index in [4.69, 9.17) is 0 Å². The lowest BCUT2D eigenvalue weighted by atomic mass is 9.61. The van der Waals surface area contributed by atoms with E-state index in [2.05, 4.69) is 0 Å². The third kappa shape index (κ3) is 0.520. The summed E-state index contributed by atoms with van der Waals surface area (Å²) in [5.74, 6) is -3.97. The van der Waals surface area contributed by atoms with Crippen LogP contribution in [0.25, 0.3) is 0 Å². The molecule has 0 saturated heterocycles. The largest absolute Gasteiger partial charge is 0.299 e. The molecule has 2 bridgehead atoms. The minimum Gasteiger partial charge on any atom is -0.299 e. The van der Waals surface area contributed by atoms with Gasteiger partial charge in [0.2, 0.25) is 0 Å². The Hall–Kier alpha value is -0.470. The number of hydrogen-bond donors (Lipinski definition) is 0. The van der Waals surface area contributed by atoms with Crippen LogP contribution in [0.15, 0.2) is 0 Å². The lowest BCUT2D eigenvalue weighted by Crippen LogP contribution is -2.53. The average Bonchev–Trinajstić information content (AvgIpc) is 2.27. The van der Waals surface area contributed by atoms with E-state index in [1.165, 1.54) is 0 Å². The number of alkyl halides is 2. The molecule has 3 heteroatoms. The van der Waals surface area contributed by atoms with Gasteiger partial charge in [0.25, 0.3) is 5.92 Å². The van der Waals surface area contributed by atoms with E-state index in [1.807, 2.05) is 0 Å². The molecule has 0 amide bonds. The summed E-state index contributed by atoms with van der Waals surface area (Å²) in [5.41, 5.74) is 0. The van der Waals surface area contributed by atoms with Crippen molar-refractivity contribution in [1.82, 2.24) is 0 Å². The van der Waals surface area contributed by atoms with Crippen molar-refractivity contribution in [3.05, 3.63) is 0 Å². The maximum Gasteiger partial charge on any atom is 0.255 e. The van der Waals surface area contributed by atoms with Crippen LogP contribution in [0.3, 0.4) is 0 Å². The Morgan fingerprint density at radius 1 is 1.25 bits per heavy atom. The molecular weight excluding hydrogens is 162 g/mol. The van der Waals surface area contributed by atoms with Gasteiger partial charge in [-0.1, -0.05) is 0 Å². The van der Waals surface area contributed by atoms with Gasteiger partial charge in [0.05, 0.1) is 0 Å². The van der Waals surface area contributed by atoms with Crippen molar-refractivity contribution in [1.29, 1.82) is 0 Å². The molecule has 0 aromatic heterocycles. The molecule has 3 aliphatic carbocycles. The molecule has 0 heterocycles. The smallest absolute Gasteiger partial charge is 0.255 e. The molecule has 4 atom stereocenters. The summed E-state index contributed by atoms with van der Waals surface area (Å²) in [6, 6.07) is 0. The van der Waals surface area contributed by atoms with Gasteiger partial charge >= 0.3 is 0 Å². The highest BCUT2D eigenvalue weighted by atomic mass is 19.3. The molecule has 0 spiro atoms. The number of fused-ring (bicyclic) bond motifs is 1. The number of hydrogen-bond acceptors (Lipinski definition) is 1.